The van der Waals surface area contributed by atoms with Gasteiger partial charge in [-0.15, -0.1) is 0 Å². The van der Waals surface area contributed by atoms with Gasteiger partial charge in [-0.25, -0.2) is 4.98 Å². The molecule has 0 aliphatic heterocycles. The molecule has 1 rings (SSSR count). The minimum atomic E-state index is -1.28. The predicted octanol–water partition coefficient (Wildman–Crippen LogP) is 0.631. The molecule has 0 amide bonds. The Morgan fingerprint density at radius 1 is 1.61 bits per heavy atom. The third-order valence-electron chi connectivity index (χ3n) is 2.56. The first-order valence-corrected chi connectivity index (χ1v) is 5.72. The number of ether oxygens (including phenoxy) is 1. The molecule has 0 saturated heterocycles. The fraction of sp³-hybridized carbons (Fsp3) is 0.500. The molecule has 0 saturated carbocycles. The lowest BCUT2D eigenvalue weighted by Gasteiger charge is -2.18. The van der Waals surface area contributed by atoms with Crippen LogP contribution in [-0.2, 0) is 0 Å². The molecule has 0 aliphatic rings. The van der Waals surface area contributed by atoms with Gasteiger partial charge in [-0.3, -0.25) is 10.1 Å². The van der Waals surface area contributed by atoms with Gasteiger partial charge in [0.1, 0.15) is 6.10 Å². The maximum atomic E-state index is 10.9. The van der Waals surface area contributed by atoms with Gasteiger partial charge in [0.05, 0.1) is 18.1 Å². The zero-order valence-corrected chi connectivity index (χ0v) is 10.8. The third kappa shape index (κ3) is 2.71. The van der Waals surface area contributed by atoms with E-state index in [4.69, 9.17) is 4.74 Å². The van der Waals surface area contributed by atoms with Crippen LogP contribution in [0.25, 0.3) is 0 Å². The van der Waals surface area contributed by atoms with Gasteiger partial charge in [-0.2, -0.15) is 12.6 Å². The van der Waals surface area contributed by atoms with E-state index in [2.05, 4.69) is 17.6 Å². The number of aliphatic hydroxyl groups is 2. The van der Waals surface area contributed by atoms with Crippen LogP contribution in [-0.4, -0.2) is 39.1 Å². The highest BCUT2D eigenvalue weighted by atomic mass is 32.1. The predicted molar refractivity (Wildman–Crippen MR) is 67.0 cm³/mol. The van der Waals surface area contributed by atoms with Crippen LogP contribution in [0.1, 0.15) is 17.2 Å². The van der Waals surface area contributed by atoms with Gasteiger partial charge in [0, 0.05) is 23.1 Å². The highest BCUT2D eigenvalue weighted by Gasteiger charge is 2.28. The van der Waals surface area contributed by atoms with Crippen molar-refractivity contribution in [1.82, 2.24) is 4.98 Å². The molecule has 0 aliphatic carbocycles. The molecule has 8 heteroatoms. The number of nitro groups is 1. The zero-order valence-electron chi connectivity index (χ0n) is 9.90. The van der Waals surface area contributed by atoms with E-state index in [0.29, 0.717) is 0 Å². The lowest BCUT2D eigenvalue weighted by molar-refractivity contribution is -0.386. The Hall–Kier alpha value is -1.38. The SMILES string of the molecule is COc1ncc(C(O)C(O)CS)c(C)c1[N+](=O)[O-]. The summed E-state index contributed by atoms with van der Waals surface area (Å²) in [4.78, 5) is 14.1. The first kappa shape index (κ1) is 14.7. The minimum Gasteiger partial charge on any atom is -0.476 e. The number of hydrogen-bond donors (Lipinski definition) is 3. The summed E-state index contributed by atoms with van der Waals surface area (Å²) < 4.78 is 4.80. The standard InChI is InChI=1S/C10H14N2O5S/c1-5-6(9(14)7(13)4-18)3-11-10(17-2)8(5)12(15)16/h3,7,9,13-14,18H,4H2,1-2H3. The summed E-state index contributed by atoms with van der Waals surface area (Å²) in [5.41, 5.74) is 0.0737. The molecule has 2 unspecified atom stereocenters. The van der Waals surface area contributed by atoms with Crippen LogP contribution in [0.5, 0.6) is 5.88 Å². The molecule has 2 atom stereocenters. The number of hydrogen-bond acceptors (Lipinski definition) is 7. The lowest BCUT2D eigenvalue weighted by atomic mass is 10.0. The number of nitrogens with zero attached hydrogens (tertiary/aromatic N) is 2. The highest BCUT2D eigenvalue weighted by molar-refractivity contribution is 7.80. The topological polar surface area (TPSA) is 106 Å². The van der Waals surface area contributed by atoms with E-state index in [9.17, 15) is 20.3 Å². The van der Waals surface area contributed by atoms with Crippen molar-refractivity contribution in [1.29, 1.82) is 0 Å². The molecular formula is C10H14N2O5S. The molecule has 1 aromatic rings. The summed E-state index contributed by atoms with van der Waals surface area (Å²) >= 11 is 3.86. The summed E-state index contributed by atoms with van der Waals surface area (Å²) in [5.74, 6) is -0.103. The van der Waals surface area contributed by atoms with Crippen LogP contribution < -0.4 is 4.74 Å². The van der Waals surface area contributed by atoms with Crippen LogP contribution in [0.15, 0.2) is 6.20 Å². The zero-order chi connectivity index (χ0) is 13.9. The van der Waals surface area contributed by atoms with Gasteiger partial charge in [0.25, 0.3) is 5.88 Å². The Bertz CT molecular complexity index is 454. The summed E-state index contributed by atoms with van der Waals surface area (Å²) in [7, 11) is 1.27. The van der Waals surface area contributed by atoms with E-state index in [1.54, 1.807) is 0 Å². The van der Waals surface area contributed by atoms with Crippen molar-refractivity contribution in [3.63, 3.8) is 0 Å². The van der Waals surface area contributed by atoms with Gasteiger partial charge >= 0.3 is 5.69 Å². The average molecular weight is 274 g/mol. The maximum Gasteiger partial charge on any atom is 0.334 e. The van der Waals surface area contributed by atoms with E-state index in [0.717, 1.165) is 0 Å². The molecule has 0 aromatic carbocycles. The number of rotatable bonds is 5. The smallest absolute Gasteiger partial charge is 0.334 e. The lowest BCUT2D eigenvalue weighted by Crippen LogP contribution is -2.21. The summed E-state index contributed by atoms with van der Waals surface area (Å²) in [5, 5.41) is 30.3. The number of aromatic nitrogens is 1. The first-order chi connectivity index (χ1) is 8.43. The van der Waals surface area contributed by atoms with Gasteiger partial charge in [0.2, 0.25) is 0 Å². The largest absolute Gasteiger partial charge is 0.476 e. The number of methoxy groups -OCH3 is 1. The van der Waals surface area contributed by atoms with Crippen molar-refractivity contribution in [2.24, 2.45) is 0 Å². The van der Waals surface area contributed by atoms with E-state index < -0.39 is 17.1 Å². The number of thiol groups is 1. The molecular weight excluding hydrogens is 260 g/mol. The van der Waals surface area contributed by atoms with Gasteiger partial charge < -0.3 is 14.9 Å². The molecule has 18 heavy (non-hydrogen) atoms. The quantitative estimate of drug-likeness (QED) is 0.413. The van der Waals surface area contributed by atoms with Crippen LogP contribution in [0.4, 0.5) is 5.69 Å². The van der Waals surface area contributed by atoms with Gasteiger partial charge in [-0.1, -0.05) is 0 Å². The Morgan fingerprint density at radius 2 is 2.22 bits per heavy atom. The molecule has 1 aromatic heterocycles. The average Bonchev–Trinajstić information content (AvgIpc) is 2.35. The molecule has 0 spiro atoms. The second kappa shape index (κ2) is 5.98. The number of aliphatic hydroxyl groups excluding tert-OH is 2. The normalized spacial score (nSPS) is 14.1. The van der Waals surface area contributed by atoms with Crippen LogP contribution in [0.3, 0.4) is 0 Å². The highest BCUT2D eigenvalue weighted by Crippen LogP contribution is 2.33. The summed E-state index contributed by atoms with van der Waals surface area (Å²) in [6.07, 6.45) is -1.15. The fourth-order valence-corrected chi connectivity index (χ4v) is 1.75. The molecule has 0 fully saturated rings. The van der Waals surface area contributed by atoms with Crippen molar-refractivity contribution in [3.8, 4) is 5.88 Å². The molecule has 100 valence electrons. The van der Waals surface area contributed by atoms with Crippen molar-refractivity contribution >= 4 is 18.3 Å². The Balaban J connectivity index is 3.32. The van der Waals surface area contributed by atoms with Gasteiger partial charge in [-0.05, 0) is 6.92 Å². The summed E-state index contributed by atoms with van der Waals surface area (Å²) in [6, 6.07) is 0. The van der Waals surface area contributed by atoms with Gasteiger partial charge in [0.15, 0.2) is 0 Å². The van der Waals surface area contributed by atoms with Crippen molar-refractivity contribution < 1.29 is 19.9 Å². The van der Waals surface area contributed by atoms with E-state index in [1.165, 1.54) is 20.2 Å². The molecule has 2 N–H and O–H groups in total. The van der Waals surface area contributed by atoms with Crippen LogP contribution in [0.2, 0.25) is 0 Å². The second-order valence-corrected chi connectivity index (χ2v) is 4.01. The Labute approximate surface area is 109 Å². The van der Waals surface area contributed by atoms with Crippen LogP contribution >= 0.6 is 12.6 Å². The third-order valence-corrected chi connectivity index (χ3v) is 2.93. The summed E-state index contributed by atoms with van der Waals surface area (Å²) in [6.45, 7) is 1.46. The fourth-order valence-electron chi connectivity index (χ4n) is 1.55. The molecule has 7 nitrogen and oxygen atoms in total. The number of pyridine rings is 1. The van der Waals surface area contributed by atoms with E-state index in [-0.39, 0.29) is 28.4 Å². The van der Waals surface area contributed by atoms with Crippen molar-refractivity contribution in [2.45, 2.75) is 19.1 Å². The van der Waals surface area contributed by atoms with Crippen molar-refractivity contribution in [3.05, 3.63) is 27.4 Å². The first-order valence-electron chi connectivity index (χ1n) is 5.08. The monoisotopic (exact) mass is 274 g/mol. The maximum absolute atomic E-state index is 10.9. The Morgan fingerprint density at radius 3 is 2.67 bits per heavy atom. The van der Waals surface area contributed by atoms with Crippen LogP contribution in [0, 0.1) is 17.0 Å². The molecule has 0 radical (unpaired) electrons. The van der Waals surface area contributed by atoms with E-state index >= 15 is 0 Å². The molecule has 1 heterocycles. The minimum absolute atomic E-state index is 0.0282. The molecule has 0 bridgehead atoms. The Kier molecular flexibility index (Phi) is 4.88. The van der Waals surface area contributed by atoms with E-state index in [1.807, 2.05) is 0 Å². The second-order valence-electron chi connectivity index (χ2n) is 3.65. The van der Waals surface area contributed by atoms with Crippen molar-refractivity contribution in [2.75, 3.05) is 12.9 Å².